The van der Waals surface area contributed by atoms with Crippen LogP contribution in [-0.2, 0) is 4.79 Å². The Labute approximate surface area is 146 Å². The fourth-order valence-corrected chi connectivity index (χ4v) is 3.16. The molecule has 0 radical (unpaired) electrons. The SMILES string of the molecule is N=C(/C=C\C(=O)NCCN1CCCC1)c1c(C=O)cc2ccccn12. The number of fused-ring (bicyclic) bond motifs is 1. The first-order valence-corrected chi connectivity index (χ1v) is 8.51. The monoisotopic (exact) mass is 338 g/mol. The molecule has 1 amide bonds. The highest BCUT2D eigenvalue weighted by Gasteiger charge is 2.13. The van der Waals surface area contributed by atoms with E-state index in [0.717, 1.165) is 31.4 Å². The van der Waals surface area contributed by atoms with E-state index in [-0.39, 0.29) is 11.6 Å². The van der Waals surface area contributed by atoms with Crippen LogP contribution in [0.4, 0.5) is 0 Å². The van der Waals surface area contributed by atoms with Crippen molar-refractivity contribution >= 4 is 23.4 Å². The molecule has 2 aromatic rings. The fraction of sp³-hybridized carbons (Fsp3) is 0.316. The van der Waals surface area contributed by atoms with Crippen LogP contribution in [0.25, 0.3) is 5.52 Å². The molecule has 0 unspecified atom stereocenters. The van der Waals surface area contributed by atoms with Gasteiger partial charge in [0.2, 0.25) is 5.91 Å². The van der Waals surface area contributed by atoms with E-state index in [1.807, 2.05) is 18.2 Å². The normalized spacial score (nSPS) is 15.0. The smallest absolute Gasteiger partial charge is 0.244 e. The quantitative estimate of drug-likeness (QED) is 0.460. The molecule has 1 aliphatic heterocycles. The zero-order chi connectivity index (χ0) is 17.6. The summed E-state index contributed by atoms with van der Waals surface area (Å²) in [6.45, 7) is 3.66. The first kappa shape index (κ1) is 17.1. The van der Waals surface area contributed by atoms with Gasteiger partial charge >= 0.3 is 0 Å². The van der Waals surface area contributed by atoms with Crippen molar-refractivity contribution in [2.24, 2.45) is 0 Å². The number of likely N-dealkylation sites (tertiary alicyclic amines) is 1. The Morgan fingerprint density at radius 3 is 2.80 bits per heavy atom. The summed E-state index contributed by atoms with van der Waals surface area (Å²) in [5, 5.41) is 11.1. The largest absolute Gasteiger partial charge is 0.351 e. The Hall–Kier alpha value is -2.73. The van der Waals surface area contributed by atoms with Crippen molar-refractivity contribution in [3.05, 3.63) is 53.9 Å². The maximum absolute atomic E-state index is 11.9. The third-order valence-corrected chi connectivity index (χ3v) is 4.42. The van der Waals surface area contributed by atoms with Crippen LogP contribution in [0.3, 0.4) is 0 Å². The van der Waals surface area contributed by atoms with E-state index in [0.29, 0.717) is 17.8 Å². The van der Waals surface area contributed by atoms with Crippen LogP contribution in [0.1, 0.15) is 28.9 Å². The average Bonchev–Trinajstić information content (AvgIpc) is 3.26. The highest BCUT2D eigenvalue weighted by atomic mass is 16.1. The molecule has 0 saturated carbocycles. The molecule has 25 heavy (non-hydrogen) atoms. The first-order chi connectivity index (χ1) is 12.2. The molecule has 6 nitrogen and oxygen atoms in total. The Morgan fingerprint density at radius 2 is 2.04 bits per heavy atom. The van der Waals surface area contributed by atoms with Gasteiger partial charge in [-0.15, -0.1) is 0 Å². The summed E-state index contributed by atoms with van der Waals surface area (Å²) in [7, 11) is 0. The predicted molar refractivity (Wildman–Crippen MR) is 97.4 cm³/mol. The number of rotatable bonds is 7. The zero-order valence-electron chi connectivity index (χ0n) is 14.1. The van der Waals surface area contributed by atoms with Gasteiger partial charge in [0.25, 0.3) is 0 Å². The average molecular weight is 338 g/mol. The third-order valence-electron chi connectivity index (χ3n) is 4.42. The number of carbonyl (C=O) groups excluding carboxylic acids is 2. The number of nitrogens with one attached hydrogen (secondary N) is 2. The Balaban J connectivity index is 1.62. The van der Waals surface area contributed by atoms with Crippen LogP contribution >= 0.6 is 0 Å². The van der Waals surface area contributed by atoms with E-state index < -0.39 is 0 Å². The Kier molecular flexibility index (Phi) is 5.40. The number of hydrogen-bond acceptors (Lipinski definition) is 4. The lowest BCUT2D eigenvalue weighted by Gasteiger charge is -2.13. The van der Waals surface area contributed by atoms with Gasteiger partial charge in [0.15, 0.2) is 6.29 Å². The highest BCUT2D eigenvalue weighted by molar-refractivity contribution is 6.12. The van der Waals surface area contributed by atoms with Gasteiger partial charge in [-0.05, 0) is 50.2 Å². The number of aromatic nitrogens is 1. The molecule has 0 aliphatic carbocycles. The summed E-state index contributed by atoms with van der Waals surface area (Å²) in [5.41, 5.74) is 1.90. The molecule has 6 heteroatoms. The van der Waals surface area contributed by atoms with Crippen LogP contribution in [0, 0.1) is 5.41 Å². The van der Waals surface area contributed by atoms with Crippen molar-refractivity contribution in [1.29, 1.82) is 5.41 Å². The van der Waals surface area contributed by atoms with Gasteiger partial charge in [-0.25, -0.2) is 0 Å². The standard InChI is InChI=1S/C19H22N4O2/c20-17(6-7-18(25)21-8-12-22-9-3-4-10-22)19-15(14-24)13-16-5-1-2-11-23(16)19/h1-2,5-7,11,13-14,20H,3-4,8-10,12H2,(H,21,25)/b7-6-,20-17?. The predicted octanol–water partition coefficient (Wildman–Crippen LogP) is 1.89. The molecule has 2 N–H and O–H groups in total. The second-order valence-corrected chi connectivity index (χ2v) is 6.15. The number of hydrogen-bond donors (Lipinski definition) is 2. The maximum Gasteiger partial charge on any atom is 0.244 e. The fourth-order valence-electron chi connectivity index (χ4n) is 3.16. The van der Waals surface area contributed by atoms with E-state index >= 15 is 0 Å². The molecule has 0 aromatic carbocycles. The number of pyridine rings is 1. The van der Waals surface area contributed by atoms with Crippen LogP contribution in [-0.4, -0.2) is 53.4 Å². The van der Waals surface area contributed by atoms with Crippen molar-refractivity contribution in [3.63, 3.8) is 0 Å². The van der Waals surface area contributed by atoms with Gasteiger partial charge in [0, 0.05) is 36.4 Å². The second kappa shape index (κ2) is 7.90. The third kappa shape index (κ3) is 4.03. The molecule has 0 atom stereocenters. The number of allylic oxidation sites excluding steroid dienone is 1. The molecule has 1 aliphatic rings. The van der Waals surface area contributed by atoms with Gasteiger partial charge in [0.05, 0.1) is 11.4 Å². The van der Waals surface area contributed by atoms with Gasteiger partial charge in [-0.2, -0.15) is 0 Å². The minimum Gasteiger partial charge on any atom is -0.351 e. The number of amides is 1. The summed E-state index contributed by atoms with van der Waals surface area (Å²) in [6, 6.07) is 7.33. The summed E-state index contributed by atoms with van der Waals surface area (Å²) < 4.78 is 1.78. The van der Waals surface area contributed by atoms with Crippen molar-refractivity contribution in [2.75, 3.05) is 26.2 Å². The Morgan fingerprint density at radius 1 is 1.24 bits per heavy atom. The minimum atomic E-state index is -0.225. The molecule has 2 aromatic heterocycles. The molecule has 3 rings (SSSR count). The number of nitrogens with zero attached hydrogens (tertiary/aromatic N) is 2. The lowest BCUT2D eigenvalue weighted by Crippen LogP contribution is -2.32. The van der Waals surface area contributed by atoms with Crippen LogP contribution in [0.2, 0.25) is 0 Å². The van der Waals surface area contributed by atoms with Gasteiger partial charge in [-0.3, -0.25) is 15.0 Å². The molecule has 3 heterocycles. The van der Waals surface area contributed by atoms with Crippen molar-refractivity contribution in [2.45, 2.75) is 12.8 Å². The lowest BCUT2D eigenvalue weighted by molar-refractivity contribution is -0.116. The Bertz CT molecular complexity index is 816. The van der Waals surface area contributed by atoms with E-state index in [1.165, 1.54) is 25.0 Å². The van der Waals surface area contributed by atoms with E-state index in [2.05, 4.69) is 10.2 Å². The summed E-state index contributed by atoms with van der Waals surface area (Å²) in [6.07, 6.45) is 7.79. The molecule has 1 fully saturated rings. The lowest BCUT2D eigenvalue weighted by atomic mass is 10.1. The first-order valence-electron chi connectivity index (χ1n) is 8.51. The van der Waals surface area contributed by atoms with Crippen LogP contribution in [0.5, 0.6) is 0 Å². The van der Waals surface area contributed by atoms with Crippen LogP contribution < -0.4 is 5.32 Å². The summed E-state index contributed by atoms with van der Waals surface area (Å²) in [4.78, 5) is 25.5. The highest BCUT2D eigenvalue weighted by Crippen LogP contribution is 2.16. The van der Waals surface area contributed by atoms with E-state index in [1.54, 1.807) is 16.7 Å². The maximum atomic E-state index is 11.9. The van der Waals surface area contributed by atoms with Crippen molar-refractivity contribution in [3.8, 4) is 0 Å². The zero-order valence-corrected chi connectivity index (χ0v) is 14.1. The van der Waals surface area contributed by atoms with Gasteiger partial charge in [-0.1, -0.05) is 6.07 Å². The van der Waals surface area contributed by atoms with Crippen LogP contribution in [0.15, 0.2) is 42.6 Å². The molecule has 1 saturated heterocycles. The van der Waals surface area contributed by atoms with Gasteiger partial charge < -0.3 is 14.6 Å². The topological polar surface area (TPSA) is 77.7 Å². The van der Waals surface area contributed by atoms with E-state index in [4.69, 9.17) is 5.41 Å². The molecule has 0 spiro atoms. The minimum absolute atomic E-state index is 0.128. The molecule has 0 bridgehead atoms. The molecular weight excluding hydrogens is 316 g/mol. The molecular formula is C19H22N4O2. The van der Waals surface area contributed by atoms with Crippen molar-refractivity contribution in [1.82, 2.24) is 14.6 Å². The van der Waals surface area contributed by atoms with Crippen molar-refractivity contribution < 1.29 is 9.59 Å². The summed E-state index contributed by atoms with van der Waals surface area (Å²) in [5.74, 6) is -0.225. The summed E-state index contributed by atoms with van der Waals surface area (Å²) >= 11 is 0. The van der Waals surface area contributed by atoms with E-state index in [9.17, 15) is 9.59 Å². The second-order valence-electron chi connectivity index (χ2n) is 6.15. The number of aldehydes is 1. The molecule has 130 valence electrons. The van der Waals surface area contributed by atoms with Gasteiger partial charge in [0.1, 0.15) is 0 Å². The number of carbonyl (C=O) groups is 2.